The summed E-state index contributed by atoms with van der Waals surface area (Å²) in [5, 5.41) is 3.75. The molecule has 2 nitrogen and oxygen atoms in total. The molecule has 1 N–H and O–H groups in total. The third-order valence-electron chi connectivity index (χ3n) is 4.24. The molecule has 0 bridgehead atoms. The summed E-state index contributed by atoms with van der Waals surface area (Å²) in [7, 11) is 4.22. The molecule has 1 aliphatic carbocycles. The minimum Gasteiger partial charge on any atom is -0.382 e. The van der Waals surface area contributed by atoms with Crippen LogP contribution >= 0.6 is 0 Å². The van der Waals surface area contributed by atoms with Gasteiger partial charge in [-0.1, -0.05) is 38.3 Å². The zero-order chi connectivity index (χ0) is 13.7. The van der Waals surface area contributed by atoms with E-state index in [0.29, 0.717) is 6.04 Å². The molecule has 0 amide bonds. The van der Waals surface area contributed by atoms with Gasteiger partial charge >= 0.3 is 0 Å². The number of nitrogens with one attached hydrogen (secondary N) is 1. The van der Waals surface area contributed by atoms with E-state index in [1.807, 2.05) is 0 Å². The van der Waals surface area contributed by atoms with Crippen LogP contribution in [0.3, 0.4) is 0 Å². The van der Waals surface area contributed by atoms with Crippen LogP contribution in [-0.4, -0.2) is 25.0 Å². The van der Waals surface area contributed by atoms with Gasteiger partial charge in [-0.3, -0.25) is 0 Å². The minimum absolute atomic E-state index is 0.679. The molecular weight excluding hydrogens is 232 g/mol. The lowest BCUT2D eigenvalue weighted by molar-refractivity contribution is 0.317. The van der Waals surface area contributed by atoms with E-state index in [9.17, 15) is 0 Å². The lowest BCUT2D eigenvalue weighted by Gasteiger charge is -2.32. The van der Waals surface area contributed by atoms with Crippen LogP contribution in [0.5, 0.6) is 0 Å². The summed E-state index contributed by atoms with van der Waals surface area (Å²) in [5.74, 6) is 0.857. The van der Waals surface area contributed by atoms with E-state index in [1.54, 1.807) is 0 Å². The molecule has 2 rings (SSSR count). The molecule has 2 heteroatoms. The maximum Gasteiger partial charge on any atom is 0.0342 e. The molecule has 2 atom stereocenters. The monoisotopic (exact) mass is 260 g/mol. The van der Waals surface area contributed by atoms with Crippen LogP contribution in [0, 0.1) is 5.92 Å². The second-order valence-corrected chi connectivity index (χ2v) is 6.14. The first-order valence-corrected chi connectivity index (χ1v) is 7.69. The first-order valence-electron chi connectivity index (χ1n) is 7.69. The van der Waals surface area contributed by atoms with Gasteiger partial charge in [0.25, 0.3) is 0 Å². The van der Waals surface area contributed by atoms with Gasteiger partial charge in [-0.15, -0.1) is 0 Å². The molecule has 1 saturated carbocycles. The topological polar surface area (TPSA) is 15.3 Å². The minimum atomic E-state index is 0.679. The van der Waals surface area contributed by atoms with Crippen molar-refractivity contribution in [3.63, 3.8) is 0 Å². The lowest BCUT2D eigenvalue weighted by atomic mass is 9.83. The molecule has 0 aromatic heterocycles. The maximum absolute atomic E-state index is 3.75. The fourth-order valence-electron chi connectivity index (χ4n) is 3.17. The van der Waals surface area contributed by atoms with Crippen LogP contribution in [0.15, 0.2) is 24.3 Å². The molecular formula is C17H28N2. The number of nitrogens with zero attached hydrogens (tertiary/aromatic N) is 1. The van der Waals surface area contributed by atoms with Gasteiger partial charge in [0, 0.05) is 18.3 Å². The summed E-state index contributed by atoms with van der Waals surface area (Å²) < 4.78 is 0. The fourth-order valence-corrected chi connectivity index (χ4v) is 3.17. The van der Waals surface area contributed by atoms with Crippen molar-refractivity contribution in [2.45, 2.75) is 51.6 Å². The van der Waals surface area contributed by atoms with E-state index >= 15 is 0 Å². The Hall–Kier alpha value is -1.02. The van der Waals surface area contributed by atoms with Crippen LogP contribution in [0.25, 0.3) is 0 Å². The predicted octanol–water partition coefficient (Wildman–Crippen LogP) is 4.13. The molecule has 0 saturated heterocycles. The normalized spacial score (nSPS) is 23.6. The van der Waals surface area contributed by atoms with Gasteiger partial charge < -0.3 is 10.2 Å². The van der Waals surface area contributed by atoms with Crippen molar-refractivity contribution in [3.05, 3.63) is 29.8 Å². The number of anilines is 1. The van der Waals surface area contributed by atoms with E-state index in [1.165, 1.54) is 43.4 Å². The van der Waals surface area contributed by atoms with Crippen LogP contribution < -0.4 is 5.32 Å². The molecule has 1 fully saturated rings. The Morgan fingerprint density at radius 3 is 2.42 bits per heavy atom. The SMILES string of the molecule is CCC1CCCCC1Nc1ccc(CN(C)C)cc1. The van der Waals surface area contributed by atoms with Crippen molar-refractivity contribution in [1.29, 1.82) is 0 Å². The van der Waals surface area contributed by atoms with Gasteiger partial charge in [0.2, 0.25) is 0 Å². The Bertz CT molecular complexity index is 369. The first-order chi connectivity index (χ1) is 9.19. The van der Waals surface area contributed by atoms with Gasteiger partial charge in [-0.2, -0.15) is 0 Å². The standard InChI is InChI=1S/C17H28N2/c1-4-15-7-5-6-8-17(15)18-16-11-9-14(10-12-16)13-19(2)3/h9-12,15,17-18H,4-8,13H2,1-3H3. The van der Waals surface area contributed by atoms with Crippen LogP contribution in [0.1, 0.15) is 44.6 Å². The molecule has 1 aliphatic rings. The lowest BCUT2D eigenvalue weighted by Crippen LogP contribution is -2.31. The molecule has 2 unspecified atom stereocenters. The van der Waals surface area contributed by atoms with Gasteiger partial charge in [-0.25, -0.2) is 0 Å². The number of benzene rings is 1. The Labute approximate surface area is 118 Å². The van der Waals surface area contributed by atoms with Crippen molar-refractivity contribution in [2.24, 2.45) is 5.92 Å². The van der Waals surface area contributed by atoms with Crippen molar-refractivity contribution in [1.82, 2.24) is 4.90 Å². The number of hydrogen-bond donors (Lipinski definition) is 1. The summed E-state index contributed by atoms with van der Waals surface area (Å²) in [6.07, 6.45) is 6.83. The summed E-state index contributed by atoms with van der Waals surface area (Å²) in [6, 6.07) is 9.64. The second-order valence-electron chi connectivity index (χ2n) is 6.14. The quantitative estimate of drug-likeness (QED) is 0.856. The highest BCUT2D eigenvalue weighted by Gasteiger charge is 2.23. The highest BCUT2D eigenvalue weighted by Crippen LogP contribution is 2.29. The Kier molecular flexibility index (Phi) is 5.26. The fraction of sp³-hybridized carbons (Fsp3) is 0.647. The third kappa shape index (κ3) is 4.24. The van der Waals surface area contributed by atoms with E-state index < -0.39 is 0 Å². The molecule has 0 spiro atoms. The van der Waals surface area contributed by atoms with Gasteiger partial charge in [0.15, 0.2) is 0 Å². The Balaban J connectivity index is 1.94. The summed E-state index contributed by atoms with van der Waals surface area (Å²) in [4.78, 5) is 2.21. The molecule has 0 radical (unpaired) electrons. The van der Waals surface area contributed by atoms with E-state index in [2.05, 4.69) is 55.5 Å². The van der Waals surface area contributed by atoms with Gasteiger partial charge in [0.05, 0.1) is 0 Å². The molecule has 1 aromatic rings. The molecule has 0 heterocycles. The zero-order valence-corrected chi connectivity index (χ0v) is 12.7. The van der Waals surface area contributed by atoms with E-state index in [0.717, 1.165) is 12.5 Å². The first kappa shape index (κ1) is 14.4. The van der Waals surface area contributed by atoms with Crippen LogP contribution in [0.2, 0.25) is 0 Å². The maximum atomic E-state index is 3.75. The average molecular weight is 260 g/mol. The van der Waals surface area contributed by atoms with Crippen molar-refractivity contribution < 1.29 is 0 Å². The number of hydrogen-bond acceptors (Lipinski definition) is 2. The van der Waals surface area contributed by atoms with E-state index in [-0.39, 0.29) is 0 Å². The molecule has 1 aromatic carbocycles. The highest BCUT2D eigenvalue weighted by atomic mass is 15.0. The van der Waals surface area contributed by atoms with Gasteiger partial charge in [-0.05, 0) is 50.6 Å². The van der Waals surface area contributed by atoms with Crippen molar-refractivity contribution >= 4 is 5.69 Å². The predicted molar refractivity (Wildman–Crippen MR) is 83.5 cm³/mol. The molecule has 0 aliphatic heterocycles. The van der Waals surface area contributed by atoms with Crippen LogP contribution in [0.4, 0.5) is 5.69 Å². The van der Waals surface area contributed by atoms with Crippen molar-refractivity contribution in [2.75, 3.05) is 19.4 Å². The smallest absolute Gasteiger partial charge is 0.0342 e. The second kappa shape index (κ2) is 6.95. The zero-order valence-electron chi connectivity index (χ0n) is 12.7. The summed E-state index contributed by atoms with van der Waals surface area (Å²) in [5.41, 5.74) is 2.67. The van der Waals surface area contributed by atoms with Gasteiger partial charge in [0.1, 0.15) is 0 Å². The van der Waals surface area contributed by atoms with E-state index in [4.69, 9.17) is 0 Å². The molecule has 106 valence electrons. The average Bonchev–Trinajstić information content (AvgIpc) is 2.41. The Morgan fingerprint density at radius 2 is 1.79 bits per heavy atom. The summed E-state index contributed by atoms with van der Waals surface area (Å²) in [6.45, 7) is 3.34. The van der Waals surface area contributed by atoms with Crippen LogP contribution in [-0.2, 0) is 6.54 Å². The largest absolute Gasteiger partial charge is 0.382 e. The van der Waals surface area contributed by atoms with Crippen molar-refractivity contribution in [3.8, 4) is 0 Å². The summed E-state index contributed by atoms with van der Waals surface area (Å²) >= 11 is 0. The molecule has 19 heavy (non-hydrogen) atoms. The number of rotatable bonds is 5. The highest BCUT2D eigenvalue weighted by molar-refractivity contribution is 5.45. The Morgan fingerprint density at radius 1 is 1.11 bits per heavy atom. The third-order valence-corrected chi connectivity index (χ3v) is 4.24.